The highest BCUT2D eigenvalue weighted by atomic mass is 127. The highest BCUT2D eigenvalue weighted by Crippen LogP contribution is 2.33. The van der Waals surface area contributed by atoms with Gasteiger partial charge in [0.05, 0.1) is 19.9 Å². The minimum absolute atomic E-state index is 0. The van der Waals surface area contributed by atoms with Crippen molar-refractivity contribution in [1.82, 2.24) is 15.2 Å². The number of methoxy groups -OCH3 is 2. The van der Waals surface area contributed by atoms with Crippen molar-refractivity contribution in [3.8, 4) is 11.5 Å². The van der Waals surface area contributed by atoms with Gasteiger partial charge in [0, 0.05) is 51.6 Å². The van der Waals surface area contributed by atoms with Crippen molar-refractivity contribution in [1.29, 1.82) is 0 Å². The van der Waals surface area contributed by atoms with Gasteiger partial charge in [-0.3, -0.25) is 4.99 Å². The third-order valence-corrected chi connectivity index (χ3v) is 6.76. The lowest BCUT2D eigenvalue weighted by molar-refractivity contribution is 0.346. The smallest absolute Gasteiger partial charge is 0.193 e. The fraction of sp³-hybridized carbons (Fsp3) is 0.545. The molecule has 3 heterocycles. The molecule has 0 bridgehead atoms. The van der Waals surface area contributed by atoms with Gasteiger partial charge >= 0.3 is 0 Å². The van der Waals surface area contributed by atoms with Crippen LogP contribution in [0, 0.1) is 0 Å². The van der Waals surface area contributed by atoms with Crippen molar-refractivity contribution in [2.75, 3.05) is 52.3 Å². The van der Waals surface area contributed by atoms with Gasteiger partial charge in [0.1, 0.15) is 0 Å². The Bertz CT molecular complexity index is 898. The van der Waals surface area contributed by atoms with Gasteiger partial charge in [0.2, 0.25) is 0 Å². The average Bonchev–Trinajstić information content (AvgIpc) is 3.47. The van der Waals surface area contributed by atoms with Crippen LogP contribution in [-0.2, 0) is 19.4 Å². The lowest BCUT2D eigenvalue weighted by Gasteiger charge is -2.32. The number of halogens is 1. The Morgan fingerprint density at radius 3 is 2.52 bits per heavy atom. The van der Waals surface area contributed by atoms with E-state index >= 15 is 0 Å². The molecular formula is C22H32IN5O2S. The predicted molar refractivity (Wildman–Crippen MR) is 138 cm³/mol. The molecule has 9 heteroatoms. The Kier molecular flexibility index (Phi) is 8.65. The van der Waals surface area contributed by atoms with Crippen molar-refractivity contribution in [3.63, 3.8) is 0 Å². The molecule has 1 N–H and O–H groups in total. The van der Waals surface area contributed by atoms with Crippen molar-refractivity contribution in [3.05, 3.63) is 34.3 Å². The van der Waals surface area contributed by atoms with E-state index in [4.69, 9.17) is 14.5 Å². The first-order chi connectivity index (χ1) is 14.7. The van der Waals surface area contributed by atoms with E-state index in [0.717, 1.165) is 68.7 Å². The second-order valence-corrected chi connectivity index (χ2v) is 8.52. The summed E-state index contributed by atoms with van der Waals surface area (Å²) in [4.78, 5) is 14.0. The molecule has 0 atom stereocenters. The van der Waals surface area contributed by atoms with Crippen LogP contribution in [0.5, 0.6) is 11.5 Å². The highest BCUT2D eigenvalue weighted by Gasteiger charge is 2.22. The summed E-state index contributed by atoms with van der Waals surface area (Å²) in [7, 11) is 5.21. The predicted octanol–water partition coefficient (Wildman–Crippen LogP) is 3.55. The molecule has 4 rings (SSSR count). The highest BCUT2D eigenvalue weighted by molar-refractivity contribution is 14.0. The molecule has 31 heavy (non-hydrogen) atoms. The zero-order valence-corrected chi connectivity index (χ0v) is 21.7. The molecule has 1 aromatic heterocycles. The van der Waals surface area contributed by atoms with Gasteiger partial charge in [-0.15, -0.1) is 35.3 Å². The van der Waals surface area contributed by atoms with Gasteiger partial charge in [0.15, 0.2) is 22.6 Å². The van der Waals surface area contributed by atoms with Gasteiger partial charge < -0.3 is 24.6 Å². The van der Waals surface area contributed by atoms with Gasteiger partial charge in [0.25, 0.3) is 0 Å². The molecule has 1 aromatic carbocycles. The Hall–Kier alpha value is -1.75. The molecule has 170 valence electrons. The van der Waals surface area contributed by atoms with E-state index < -0.39 is 0 Å². The Balaban J connectivity index is 0.00000272. The van der Waals surface area contributed by atoms with Crippen molar-refractivity contribution >= 4 is 46.4 Å². The van der Waals surface area contributed by atoms with Crippen LogP contribution in [0.2, 0.25) is 0 Å². The van der Waals surface area contributed by atoms with Crippen LogP contribution in [0.15, 0.2) is 22.5 Å². The number of nitrogens with one attached hydrogen (secondary N) is 1. The number of rotatable bonds is 6. The van der Waals surface area contributed by atoms with Gasteiger partial charge in [-0.25, -0.2) is 4.98 Å². The van der Waals surface area contributed by atoms with E-state index in [0.29, 0.717) is 0 Å². The Morgan fingerprint density at radius 1 is 1.13 bits per heavy atom. The quantitative estimate of drug-likeness (QED) is 0.333. The van der Waals surface area contributed by atoms with Crippen LogP contribution in [-0.4, -0.2) is 63.3 Å². The molecule has 0 amide bonds. The molecule has 0 spiro atoms. The summed E-state index contributed by atoms with van der Waals surface area (Å²) >= 11 is 1.76. The molecule has 0 aliphatic carbocycles. The van der Waals surface area contributed by atoms with E-state index in [1.807, 2.05) is 7.05 Å². The summed E-state index contributed by atoms with van der Waals surface area (Å²) in [6.07, 6.45) is 4.43. The van der Waals surface area contributed by atoms with Crippen LogP contribution in [0.1, 0.15) is 29.7 Å². The largest absolute Gasteiger partial charge is 0.493 e. The maximum Gasteiger partial charge on any atom is 0.193 e. The summed E-state index contributed by atoms with van der Waals surface area (Å²) < 4.78 is 10.9. The van der Waals surface area contributed by atoms with Crippen molar-refractivity contribution in [2.45, 2.75) is 32.2 Å². The molecule has 7 nitrogen and oxygen atoms in total. The number of aliphatic imine (C=N–C) groups is 1. The first-order valence-electron chi connectivity index (χ1n) is 10.6. The minimum Gasteiger partial charge on any atom is -0.493 e. The number of aromatic nitrogens is 1. The number of fused-ring (bicyclic) bond motifs is 1. The number of guanidine groups is 1. The number of benzene rings is 1. The second kappa shape index (κ2) is 11.2. The first-order valence-corrected chi connectivity index (χ1v) is 11.5. The minimum atomic E-state index is 0. The second-order valence-electron chi connectivity index (χ2n) is 7.69. The molecule has 0 radical (unpaired) electrons. The van der Waals surface area contributed by atoms with Crippen LogP contribution in [0.25, 0.3) is 0 Å². The van der Waals surface area contributed by atoms with Crippen molar-refractivity contribution < 1.29 is 9.47 Å². The van der Waals surface area contributed by atoms with Gasteiger partial charge in [-0.1, -0.05) is 0 Å². The number of anilines is 1. The van der Waals surface area contributed by atoms with Crippen LogP contribution in [0.4, 0.5) is 5.13 Å². The number of hydrogen-bond acceptors (Lipinski definition) is 6. The SMILES string of the molecule is CN=C(NCCc1csc(N2CCCC2)n1)N1CCc2cc(OC)c(OC)cc2C1.I. The third-order valence-electron chi connectivity index (χ3n) is 5.81. The lowest BCUT2D eigenvalue weighted by atomic mass is 9.99. The summed E-state index contributed by atoms with van der Waals surface area (Å²) in [5.74, 6) is 2.51. The Morgan fingerprint density at radius 2 is 1.84 bits per heavy atom. The zero-order chi connectivity index (χ0) is 20.9. The molecule has 2 aromatic rings. The van der Waals surface area contributed by atoms with Crippen LogP contribution < -0.4 is 19.7 Å². The molecule has 2 aliphatic rings. The summed E-state index contributed by atoms with van der Waals surface area (Å²) in [5, 5.41) is 6.88. The molecule has 1 saturated heterocycles. The fourth-order valence-corrected chi connectivity index (χ4v) is 5.08. The topological polar surface area (TPSA) is 62.2 Å². The number of nitrogens with zero attached hydrogens (tertiary/aromatic N) is 4. The third kappa shape index (κ3) is 5.54. The number of thiazole rings is 1. The number of ether oxygens (including phenoxy) is 2. The van der Waals surface area contributed by atoms with Crippen LogP contribution >= 0.6 is 35.3 Å². The molecule has 1 fully saturated rings. The normalized spacial score (nSPS) is 16.0. The standard InChI is InChI=1S/C22H31N5O2S.HI/c1-23-21(24-8-6-18-15-30-22(25-18)26-9-4-5-10-26)27-11-7-16-12-19(28-2)20(29-3)13-17(16)14-27;/h12-13,15H,4-11,14H2,1-3H3,(H,23,24);1H. The molecule has 0 saturated carbocycles. The lowest BCUT2D eigenvalue weighted by Crippen LogP contribution is -2.44. The number of hydrogen-bond donors (Lipinski definition) is 1. The monoisotopic (exact) mass is 557 g/mol. The zero-order valence-electron chi connectivity index (χ0n) is 18.5. The molecular weight excluding hydrogens is 525 g/mol. The molecule has 2 aliphatic heterocycles. The maximum absolute atomic E-state index is 5.48. The van der Waals surface area contributed by atoms with Gasteiger partial charge in [-0.05, 0) is 42.5 Å². The van der Waals surface area contributed by atoms with E-state index in [-0.39, 0.29) is 24.0 Å². The molecule has 0 unspecified atom stereocenters. The van der Waals surface area contributed by atoms with Gasteiger partial charge in [-0.2, -0.15) is 0 Å². The van der Waals surface area contributed by atoms with Crippen molar-refractivity contribution in [2.24, 2.45) is 4.99 Å². The van der Waals surface area contributed by atoms with E-state index in [1.165, 1.54) is 29.1 Å². The Labute approximate surface area is 205 Å². The summed E-state index contributed by atoms with van der Waals surface area (Å²) in [6, 6.07) is 4.19. The summed E-state index contributed by atoms with van der Waals surface area (Å²) in [5.41, 5.74) is 3.73. The summed E-state index contributed by atoms with van der Waals surface area (Å²) in [6.45, 7) is 4.85. The fourth-order valence-electron chi connectivity index (χ4n) is 4.16. The van der Waals surface area contributed by atoms with E-state index in [2.05, 4.69) is 37.6 Å². The average molecular weight is 558 g/mol. The van der Waals surface area contributed by atoms with Crippen LogP contribution in [0.3, 0.4) is 0 Å². The first kappa shape index (κ1) is 23.9. The maximum atomic E-state index is 5.48. The van der Waals surface area contributed by atoms with E-state index in [9.17, 15) is 0 Å². The van der Waals surface area contributed by atoms with E-state index in [1.54, 1.807) is 25.6 Å².